The number of rotatable bonds is 0. The molecule has 0 radical (unpaired) electrons. The second kappa shape index (κ2) is 5.99. The maximum absolute atomic E-state index is 9.00. The van der Waals surface area contributed by atoms with E-state index in [9.17, 15) is 0 Å². The zero-order valence-electron chi connectivity index (χ0n) is 6.79. The number of carboxylic acids is 1. The molecule has 5 heteroatoms. The van der Waals surface area contributed by atoms with Gasteiger partial charge in [0.1, 0.15) is 5.75 Å². The maximum Gasteiger partial charge on any atom is 0.300 e. The molecule has 0 unspecified atom stereocenters. The van der Waals surface area contributed by atoms with E-state index in [0.717, 1.165) is 15.9 Å². The molecule has 3 nitrogen and oxygen atoms in total. The number of benzene rings is 1. The van der Waals surface area contributed by atoms with Crippen LogP contribution in [-0.4, -0.2) is 16.2 Å². The molecule has 2 N–H and O–H groups in total. The first kappa shape index (κ1) is 12.4. The van der Waals surface area contributed by atoms with E-state index in [1.807, 2.05) is 6.07 Å². The van der Waals surface area contributed by atoms with Crippen molar-refractivity contribution in [1.82, 2.24) is 0 Å². The number of phenols is 1. The Morgan fingerprint density at radius 2 is 1.54 bits per heavy atom. The Balaban J connectivity index is 0.000000310. The van der Waals surface area contributed by atoms with Crippen molar-refractivity contribution < 1.29 is 15.0 Å². The third-order valence-electron chi connectivity index (χ3n) is 0.847. The molecule has 0 bridgehead atoms. The van der Waals surface area contributed by atoms with Crippen LogP contribution in [0.5, 0.6) is 5.75 Å². The summed E-state index contributed by atoms with van der Waals surface area (Å²) in [5, 5.41) is 16.4. The van der Waals surface area contributed by atoms with E-state index >= 15 is 0 Å². The molecular weight excluding hydrogens is 304 g/mol. The molecule has 0 atom stereocenters. The first-order chi connectivity index (χ1) is 5.91. The summed E-state index contributed by atoms with van der Waals surface area (Å²) in [7, 11) is 0. The van der Waals surface area contributed by atoms with Gasteiger partial charge in [0.05, 0.1) is 0 Å². The van der Waals surface area contributed by atoms with E-state index in [1.165, 1.54) is 0 Å². The van der Waals surface area contributed by atoms with Crippen LogP contribution in [0.15, 0.2) is 27.1 Å². The Morgan fingerprint density at radius 1 is 1.23 bits per heavy atom. The second-order valence-corrected chi connectivity index (χ2v) is 3.98. The zero-order valence-corrected chi connectivity index (χ0v) is 9.96. The SMILES string of the molecule is CC(=O)O.Oc1cc(Br)cc(Br)c1. The van der Waals surface area contributed by atoms with Crippen molar-refractivity contribution >= 4 is 37.8 Å². The van der Waals surface area contributed by atoms with Crippen molar-refractivity contribution in [3.8, 4) is 5.75 Å². The molecule has 0 aromatic heterocycles. The summed E-state index contributed by atoms with van der Waals surface area (Å²) in [5.41, 5.74) is 0. The van der Waals surface area contributed by atoms with Gasteiger partial charge in [-0.25, -0.2) is 0 Å². The van der Waals surface area contributed by atoms with E-state index in [0.29, 0.717) is 0 Å². The van der Waals surface area contributed by atoms with E-state index < -0.39 is 5.97 Å². The second-order valence-electron chi connectivity index (χ2n) is 2.15. The van der Waals surface area contributed by atoms with Crippen LogP contribution in [0.2, 0.25) is 0 Å². The molecule has 72 valence electrons. The first-order valence-electron chi connectivity index (χ1n) is 3.26. The predicted molar refractivity (Wildman–Crippen MR) is 56.8 cm³/mol. The highest BCUT2D eigenvalue weighted by molar-refractivity contribution is 9.11. The Morgan fingerprint density at radius 3 is 1.77 bits per heavy atom. The number of hydrogen-bond acceptors (Lipinski definition) is 2. The van der Waals surface area contributed by atoms with Gasteiger partial charge in [-0.05, 0) is 18.2 Å². The van der Waals surface area contributed by atoms with E-state index in [4.69, 9.17) is 15.0 Å². The highest BCUT2D eigenvalue weighted by Gasteiger charge is 1.92. The van der Waals surface area contributed by atoms with Gasteiger partial charge in [-0.3, -0.25) is 4.79 Å². The Hall–Kier alpha value is -0.550. The van der Waals surface area contributed by atoms with Crippen molar-refractivity contribution in [3.63, 3.8) is 0 Å². The lowest BCUT2D eigenvalue weighted by atomic mass is 10.3. The molecule has 0 aliphatic carbocycles. The monoisotopic (exact) mass is 310 g/mol. The number of halogens is 2. The van der Waals surface area contributed by atoms with E-state index in [1.54, 1.807) is 12.1 Å². The minimum absolute atomic E-state index is 0.260. The van der Waals surface area contributed by atoms with Crippen LogP contribution in [0.4, 0.5) is 0 Å². The van der Waals surface area contributed by atoms with Crippen LogP contribution in [-0.2, 0) is 4.79 Å². The minimum Gasteiger partial charge on any atom is -0.508 e. The number of carboxylic acid groups (broad SMARTS) is 1. The fourth-order valence-electron chi connectivity index (χ4n) is 0.539. The molecule has 0 spiro atoms. The number of phenolic OH excluding ortho intramolecular Hbond substituents is 1. The van der Waals surface area contributed by atoms with Gasteiger partial charge in [-0.15, -0.1) is 0 Å². The Bertz CT molecular complexity index is 245. The largest absolute Gasteiger partial charge is 0.508 e. The molecule has 0 fully saturated rings. The summed E-state index contributed by atoms with van der Waals surface area (Å²) in [5.74, 6) is -0.573. The zero-order chi connectivity index (χ0) is 10.4. The summed E-state index contributed by atoms with van der Waals surface area (Å²) < 4.78 is 1.74. The van der Waals surface area contributed by atoms with Crippen molar-refractivity contribution in [1.29, 1.82) is 0 Å². The van der Waals surface area contributed by atoms with Crippen LogP contribution < -0.4 is 0 Å². The molecule has 0 aliphatic heterocycles. The van der Waals surface area contributed by atoms with Gasteiger partial charge in [0.25, 0.3) is 5.97 Å². The van der Waals surface area contributed by atoms with Gasteiger partial charge < -0.3 is 10.2 Å². The summed E-state index contributed by atoms with van der Waals surface area (Å²) >= 11 is 6.45. The summed E-state index contributed by atoms with van der Waals surface area (Å²) in [6.07, 6.45) is 0. The van der Waals surface area contributed by atoms with Crippen LogP contribution in [0.3, 0.4) is 0 Å². The summed E-state index contributed by atoms with van der Waals surface area (Å²) in [4.78, 5) is 9.00. The van der Waals surface area contributed by atoms with E-state index in [-0.39, 0.29) is 5.75 Å². The van der Waals surface area contributed by atoms with Crippen LogP contribution >= 0.6 is 31.9 Å². The molecule has 13 heavy (non-hydrogen) atoms. The molecular formula is C8H8Br2O3. The van der Waals surface area contributed by atoms with Gasteiger partial charge in [0.15, 0.2) is 0 Å². The molecule has 1 rings (SSSR count). The average Bonchev–Trinajstić information content (AvgIpc) is 1.80. The number of aromatic hydroxyl groups is 1. The van der Waals surface area contributed by atoms with Crippen molar-refractivity contribution in [3.05, 3.63) is 27.1 Å². The first-order valence-corrected chi connectivity index (χ1v) is 4.85. The van der Waals surface area contributed by atoms with Crippen LogP contribution in [0.25, 0.3) is 0 Å². The molecule has 0 saturated carbocycles. The fourth-order valence-corrected chi connectivity index (χ4v) is 1.81. The number of carbonyl (C=O) groups is 1. The van der Waals surface area contributed by atoms with Gasteiger partial charge in [-0.2, -0.15) is 0 Å². The van der Waals surface area contributed by atoms with Crippen LogP contribution in [0.1, 0.15) is 6.92 Å². The van der Waals surface area contributed by atoms with Gasteiger partial charge in [-0.1, -0.05) is 31.9 Å². The van der Waals surface area contributed by atoms with E-state index in [2.05, 4.69) is 31.9 Å². The average molecular weight is 312 g/mol. The highest BCUT2D eigenvalue weighted by atomic mass is 79.9. The predicted octanol–water partition coefficient (Wildman–Crippen LogP) is 3.01. The molecule has 1 aromatic rings. The third-order valence-corrected chi connectivity index (χ3v) is 1.76. The molecule has 0 heterocycles. The lowest BCUT2D eigenvalue weighted by Crippen LogP contribution is -1.78. The molecule has 0 aliphatic rings. The van der Waals surface area contributed by atoms with Gasteiger partial charge >= 0.3 is 0 Å². The standard InChI is InChI=1S/C6H4Br2O.C2H4O2/c7-4-1-5(8)3-6(9)2-4;1-2(3)4/h1-3,9H;1H3,(H,3,4). The normalized spacial score (nSPS) is 8.54. The molecule has 0 saturated heterocycles. The number of aliphatic carboxylic acids is 1. The Labute approximate surface area is 92.7 Å². The van der Waals surface area contributed by atoms with Crippen molar-refractivity contribution in [2.75, 3.05) is 0 Å². The van der Waals surface area contributed by atoms with Crippen molar-refractivity contribution in [2.45, 2.75) is 6.92 Å². The van der Waals surface area contributed by atoms with Crippen molar-refractivity contribution in [2.24, 2.45) is 0 Å². The topological polar surface area (TPSA) is 57.5 Å². The minimum atomic E-state index is -0.833. The van der Waals surface area contributed by atoms with Gasteiger partial charge in [0, 0.05) is 15.9 Å². The molecule has 0 amide bonds. The quantitative estimate of drug-likeness (QED) is 0.774. The number of hydrogen-bond donors (Lipinski definition) is 2. The third kappa shape index (κ3) is 7.80. The lowest BCUT2D eigenvalue weighted by molar-refractivity contribution is -0.134. The smallest absolute Gasteiger partial charge is 0.300 e. The maximum atomic E-state index is 9.00. The Kier molecular flexibility index (Phi) is 5.73. The highest BCUT2D eigenvalue weighted by Crippen LogP contribution is 2.23. The summed E-state index contributed by atoms with van der Waals surface area (Å²) in [6, 6.07) is 5.12. The fraction of sp³-hybridized carbons (Fsp3) is 0.125. The summed E-state index contributed by atoms with van der Waals surface area (Å²) in [6.45, 7) is 1.08. The molecule has 1 aromatic carbocycles. The van der Waals surface area contributed by atoms with Crippen LogP contribution in [0, 0.1) is 0 Å². The lowest BCUT2D eigenvalue weighted by Gasteiger charge is -1.93. The van der Waals surface area contributed by atoms with Gasteiger partial charge in [0.2, 0.25) is 0 Å².